The van der Waals surface area contributed by atoms with Crippen molar-refractivity contribution in [2.24, 2.45) is 7.05 Å². The number of ether oxygens (including phenoxy) is 2. The number of hydrogen-bond donors (Lipinski definition) is 1. The molecule has 0 radical (unpaired) electrons. The summed E-state index contributed by atoms with van der Waals surface area (Å²) in [7, 11) is 1.63. The molecule has 1 N–H and O–H groups in total. The second-order valence-corrected chi connectivity index (χ2v) is 5.91. The first-order chi connectivity index (χ1) is 11.1. The third-order valence-corrected chi connectivity index (χ3v) is 4.16. The van der Waals surface area contributed by atoms with Crippen molar-refractivity contribution in [2.75, 3.05) is 12.5 Å². The highest BCUT2D eigenvalue weighted by molar-refractivity contribution is 7.99. The van der Waals surface area contributed by atoms with Gasteiger partial charge >= 0.3 is 5.69 Å². The average Bonchev–Trinajstić information content (AvgIpc) is 3.01. The third-order valence-electron chi connectivity index (χ3n) is 3.23. The van der Waals surface area contributed by atoms with Gasteiger partial charge in [0, 0.05) is 19.8 Å². The van der Waals surface area contributed by atoms with Gasteiger partial charge in [0.25, 0.3) is 0 Å². The summed E-state index contributed by atoms with van der Waals surface area (Å²) >= 11 is 1.23. The molecule has 3 rings (SSSR count). The molecule has 8 heteroatoms. The van der Waals surface area contributed by atoms with Crippen LogP contribution in [0.3, 0.4) is 0 Å². The van der Waals surface area contributed by atoms with Gasteiger partial charge < -0.3 is 19.4 Å². The predicted molar refractivity (Wildman–Crippen MR) is 84.6 cm³/mol. The summed E-state index contributed by atoms with van der Waals surface area (Å²) in [5.74, 6) is 1.48. The molecule has 2 aromatic rings. The topological polar surface area (TPSA) is 82.5 Å². The van der Waals surface area contributed by atoms with Crippen molar-refractivity contribution in [1.82, 2.24) is 14.9 Å². The molecular formula is C15H15N3O4S. The van der Waals surface area contributed by atoms with Crippen LogP contribution in [0, 0.1) is 0 Å². The molecule has 0 aliphatic carbocycles. The zero-order valence-corrected chi connectivity index (χ0v) is 13.3. The van der Waals surface area contributed by atoms with Gasteiger partial charge in [-0.15, -0.1) is 0 Å². The van der Waals surface area contributed by atoms with Crippen LogP contribution in [-0.2, 0) is 18.4 Å². The monoisotopic (exact) mass is 333 g/mol. The minimum Gasteiger partial charge on any atom is -0.454 e. The number of carbonyl (C=O) groups excluding carboxylic acids is 1. The summed E-state index contributed by atoms with van der Waals surface area (Å²) in [6.07, 6.45) is 1.63. The molecule has 1 aliphatic rings. The number of aryl methyl sites for hydroxylation is 1. The number of hydrogen-bond acceptors (Lipinski definition) is 6. The van der Waals surface area contributed by atoms with Crippen molar-refractivity contribution in [2.45, 2.75) is 11.6 Å². The van der Waals surface area contributed by atoms with Gasteiger partial charge in [0.05, 0.1) is 5.75 Å². The van der Waals surface area contributed by atoms with Crippen LogP contribution in [0.4, 0.5) is 0 Å². The largest absolute Gasteiger partial charge is 0.454 e. The molecule has 0 bridgehead atoms. The molecule has 23 heavy (non-hydrogen) atoms. The Kier molecular flexibility index (Phi) is 4.52. The summed E-state index contributed by atoms with van der Waals surface area (Å²) < 4.78 is 11.9. The number of aromatic nitrogens is 2. The second-order valence-electron chi connectivity index (χ2n) is 4.91. The predicted octanol–water partition coefficient (Wildman–Crippen LogP) is 0.917. The lowest BCUT2D eigenvalue weighted by atomic mass is 10.2. The van der Waals surface area contributed by atoms with E-state index in [0.29, 0.717) is 23.1 Å². The standard InChI is InChI=1S/C15H15N3O4S/c1-18-5-4-14(17-15(18)20)23-8-13(19)16-7-10-2-3-11-12(6-10)22-9-21-11/h2-6H,7-9H2,1H3,(H,16,19). The van der Waals surface area contributed by atoms with E-state index in [1.54, 1.807) is 19.3 Å². The van der Waals surface area contributed by atoms with Gasteiger partial charge in [-0.25, -0.2) is 4.79 Å². The Morgan fingerprint density at radius 1 is 1.35 bits per heavy atom. The number of rotatable bonds is 5. The van der Waals surface area contributed by atoms with E-state index in [2.05, 4.69) is 10.3 Å². The lowest BCUT2D eigenvalue weighted by Crippen LogP contribution is -2.25. The van der Waals surface area contributed by atoms with Crippen molar-refractivity contribution in [3.63, 3.8) is 0 Å². The molecular weight excluding hydrogens is 318 g/mol. The van der Waals surface area contributed by atoms with Crippen LogP contribution in [-0.4, -0.2) is 28.0 Å². The minimum atomic E-state index is -0.337. The van der Waals surface area contributed by atoms with Crippen LogP contribution in [0.1, 0.15) is 5.56 Å². The Hall–Kier alpha value is -2.48. The van der Waals surface area contributed by atoms with Gasteiger partial charge in [0.1, 0.15) is 5.03 Å². The van der Waals surface area contributed by atoms with Crippen molar-refractivity contribution in [3.8, 4) is 11.5 Å². The van der Waals surface area contributed by atoms with Crippen LogP contribution in [0.25, 0.3) is 0 Å². The minimum absolute atomic E-state index is 0.129. The van der Waals surface area contributed by atoms with Gasteiger partial charge in [-0.3, -0.25) is 4.79 Å². The zero-order chi connectivity index (χ0) is 16.2. The highest BCUT2D eigenvalue weighted by atomic mass is 32.2. The Labute approximate surface area is 136 Å². The zero-order valence-electron chi connectivity index (χ0n) is 12.4. The summed E-state index contributed by atoms with van der Waals surface area (Å²) in [6, 6.07) is 7.25. The van der Waals surface area contributed by atoms with Gasteiger partial charge in [-0.1, -0.05) is 17.8 Å². The molecule has 120 valence electrons. The number of benzene rings is 1. The molecule has 0 unspecified atom stereocenters. The summed E-state index contributed by atoms with van der Waals surface area (Å²) in [5, 5.41) is 3.35. The maximum absolute atomic E-state index is 11.9. The quantitative estimate of drug-likeness (QED) is 0.647. The summed E-state index contributed by atoms with van der Waals surface area (Å²) in [6.45, 7) is 0.630. The van der Waals surface area contributed by atoms with E-state index in [1.165, 1.54) is 16.3 Å². The first-order valence-corrected chi connectivity index (χ1v) is 7.92. The fraction of sp³-hybridized carbons (Fsp3) is 0.267. The first kappa shape index (κ1) is 15.4. The number of thioether (sulfide) groups is 1. The van der Waals surface area contributed by atoms with E-state index in [1.807, 2.05) is 18.2 Å². The molecule has 0 spiro atoms. The highest BCUT2D eigenvalue weighted by Crippen LogP contribution is 2.32. The van der Waals surface area contributed by atoms with Crippen molar-refractivity contribution in [1.29, 1.82) is 0 Å². The van der Waals surface area contributed by atoms with Gasteiger partial charge in [-0.2, -0.15) is 4.98 Å². The van der Waals surface area contributed by atoms with E-state index in [-0.39, 0.29) is 24.1 Å². The SMILES string of the molecule is Cn1ccc(SCC(=O)NCc2ccc3c(c2)OCO3)nc1=O. The van der Waals surface area contributed by atoms with Crippen molar-refractivity contribution >= 4 is 17.7 Å². The lowest BCUT2D eigenvalue weighted by molar-refractivity contribution is -0.118. The fourth-order valence-electron chi connectivity index (χ4n) is 1.97. The smallest absolute Gasteiger partial charge is 0.348 e. The Morgan fingerprint density at radius 2 is 2.17 bits per heavy atom. The Bertz CT molecular complexity index is 791. The maximum Gasteiger partial charge on any atom is 0.348 e. The molecule has 0 atom stereocenters. The molecule has 1 amide bonds. The fourth-order valence-corrected chi connectivity index (χ4v) is 2.65. The molecule has 1 aromatic carbocycles. The van der Waals surface area contributed by atoms with Crippen molar-refractivity contribution < 1.29 is 14.3 Å². The second kappa shape index (κ2) is 6.74. The number of nitrogens with one attached hydrogen (secondary N) is 1. The van der Waals surface area contributed by atoms with Crippen molar-refractivity contribution in [3.05, 3.63) is 46.5 Å². The van der Waals surface area contributed by atoms with E-state index in [9.17, 15) is 9.59 Å². The number of fused-ring (bicyclic) bond motifs is 1. The molecule has 7 nitrogen and oxygen atoms in total. The number of nitrogens with zero attached hydrogens (tertiary/aromatic N) is 2. The van der Waals surface area contributed by atoms with Crippen LogP contribution in [0.15, 0.2) is 40.3 Å². The van der Waals surface area contributed by atoms with Crippen LogP contribution in [0.2, 0.25) is 0 Å². The maximum atomic E-state index is 11.9. The molecule has 0 saturated carbocycles. The van der Waals surface area contributed by atoms with E-state index in [4.69, 9.17) is 9.47 Å². The Balaban J connectivity index is 1.49. The molecule has 2 heterocycles. The van der Waals surface area contributed by atoms with E-state index in [0.717, 1.165) is 5.56 Å². The summed E-state index contributed by atoms with van der Waals surface area (Å²) in [4.78, 5) is 27.1. The normalized spacial score (nSPS) is 12.2. The summed E-state index contributed by atoms with van der Waals surface area (Å²) in [5.41, 5.74) is 0.593. The van der Waals surface area contributed by atoms with Crippen LogP contribution in [0.5, 0.6) is 11.5 Å². The first-order valence-electron chi connectivity index (χ1n) is 6.93. The average molecular weight is 333 g/mol. The van der Waals surface area contributed by atoms with E-state index >= 15 is 0 Å². The van der Waals surface area contributed by atoms with Gasteiger partial charge in [-0.05, 0) is 23.8 Å². The number of amides is 1. The molecule has 1 aromatic heterocycles. The van der Waals surface area contributed by atoms with Crippen LogP contribution < -0.4 is 20.5 Å². The lowest BCUT2D eigenvalue weighted by Gasteiger charge is -2.06. The number of carbonyl (C=O) groups is 1. The van der Waals surface area contributed by atoms with Crippen LogP contribution >= 0.6 is 11.8 Å². The molecule has 1 aliphatic heterocycles. The van der Waals surface area contributed by atoms with Gasteiger partial charge in [0.2, 0.25) is 12.7 Å². The van der Waals surface area contributed by atoms with E-state index < -0.39 is 0 Å². The molecule has 0 fully saturated rings. The third kappa shape index (κ3) is 3.84. The van der Waals surface area contributed by atoms with Gasteiger partial charge in [0.15, 0.2) is 11.5 Å². The molecule has 0 saturated heterocycles. The highest BCUT2D eigenvalue weighted by Gasteiger charge is 2.13. The Morgan fingerprint density at radius 3 is 3.00 bits per heavy atom.